The SMILES string of the molecule is CCCN(NC(=O)[C@@H]1[C@@H]2[C@H](CN1C(=O)[C@@H](NC(=O)N[C@H](CN1C(=O)C3CC4CCC43C1=O)C(C)(C)C)C(C)(C)C)C2(C)C)C(=O)NC(C)(C)C. The number of nitrogens with one attached hydrogen (secondary N) is 4. The highest BCUT2D eigenvalue weighted by Gasteiger charge is 2.74. The van der Waals surface area contributed by atoms with Gasteiger partial charge in [-0.1, -0.05) is 62.3 Å². The van der Waals surface area contributed by atoms with Crippen molar-refractivity contribution in [1.29, 1.82) is 0 Å². The van der Waals surface area contributed by atoms with Crippen molar-refractivity contribution in [1.82, 2.24) is 36.2 Å². The van der Waals surface area contributed by atoms with Crippen LogP contribution in [0.1, 0.15) is 109 Å². The summed E-state index contributed by atoms with van der Waals surface area (Å²) in [5, 5.41) is 10.1. The minimum Gasteiger partial charge on any atom is -0.333 e. The monoisotopic (exact) mass is 699 g/mol. The molecule has 0 aromatic carbocycles. The second-order valence-corrected chi connectivity index (χ2v) is 19.4. The highest BCUT2D eigenvalue weighted by atomic mass is 16.2. The van der Waals surface area contributed by atoms with E-state index >= 15 is 0 Å². The Labute approximate surface area is 297 Å². The maximum absolute atomic E-state index is 14.5. The standard InChI is InChI=1S/C37H61N7O6/c1-13-16-44(32(50)40-35(8,9)10)41-27(45)25-24-22(36(24,11)12)18-42(25)29(47)26(34(5,6)7)39-31(49)38-23(33(2,3)4)19-43-28(46)21-17-20-14-15-37(20,21)30(43)48/h20-26H,13-19H2,1-12H3,(H,40,50)(H,41,45)(H2,38,39,49)/t20?,21?,22-,23+,24-,25-,26+,37?/m0/s1. The van der Waals surface area contributed by atoms with Gasteiger partial charge in [0.1, 0.15) is 12.1 Å². The number of carbonyl (C=O) groups is 6. The summed E-state index contributed by atoms with van der Waals surface area (Å²) >= 11 is 0. The molecule has 0 bridgehead atoms. The number of likely N-dealkylation sites (tertiary alicyclic amines) is 2. The molecular formula is C37H61N7O6. The van der Waals surface area contributed by atoms with Crippen molar-refractivity contribution in [3.8, 4) is 0 Å². The van der Waals surface area contributed by atoms with Gasteiger partial charge in [0.2, 0.25) is 17.7 Å². The van der Waals surface area contributed by atoms with Crippen LogP contribution in [-0.2, 0) is 19.2 Å². The van der Waals surface area contributed by atoms with Gasteiger partial charge in [-0.05, 0) is 80.5 Å². The van der Waals surface area contributed by atoms with Crippen LogP contribution in [0.25, 0.3) is 0 Å². The zero-order chi connectivity index (χ0) is 37.5. The molecule has 13 nitrogen and oxygen atoms in total. The largest absolute Gasteiger partial charge is 0.336 e. The molecule has 280 valence electrons. The predicted molar refractivity (Wildman–Crippen MR) is 188 cm³/mol. The average Bonchev–Trinajstić information content (AvgIpc) is 3.24. The molecule has 8 atom stereocenters. The number of rotatable bonds is 8. The minimum absolute atomic E-state index is 0.0670. The normalized spacial score (nSPS) is 30.5. The van der Waals surface area contributed by atoms with E-state index in [9.17, 15) is 28.8 Å². The van der Waals surface area contributed by atoms with Gasteiger partial charge in [-0.15, -0.1) is 0 Å². The topological polar surface area (TPSA) is 160 Å². The number of hydrogen-bond acceptors (Lipinski definition) is 6. The quantitative estimate of drug-likeness (QED) is 0.224. The average molecular weight is 700 g/mol. The summed E-state index contributed by atoms with van der Waals surface area (Å²) < 4.78 is 0. The van der Waals surface area contributed by atoms with Crippen LogP contribution >= 0.6 is 0 Å². The number of nitrogens with zero attached hydrogens (tertiary/aromatic N) is 3. The molecular weight excluding hydrogens is 638 g/mol. The molecule has 2 heterocycles. The molecule has 3 unspecified atom stereocenters. The Balaban J connectivity index is 1.31. The Morgan fingerprint density at radius 2 is 1.60 bits per heavy atom. The molecule has 5 fully saturated rings. The van der Waals surface area contributed by atoms with E-state index in [1.165, 1.54) is 9.91 Å². The van der Waals surface area contributed by atoms with E-state index in [2.05, 4.69) is 35.2 Å². The molecule has 4 N–H and O–H groups in total. The Bertz CT molecular complexity index is 1440. The van der Waals surface area contributed by atoms with Gasteiger partial charge in [-0.25, -0.2) is 14.6 Å². The van der Waals surface area contributed by atoms with Crippen molar-refractivity contribution in [2.75, 3.05) is 19.6 Å². The van der Waals surface area contributed by atoms with E-state index in [4.69, 9.17) is 0 Å². The lowest BCUT2D eigenvalue weighted by molar-refractivity contribution is -0.166. The van der Waals surface area contributed by atoms with Gasteiger partial charge in [-0.2, -0.15) is 0 Å². The maximum atomic E-state index is 14.5. The third kappa shape index (κ3) is 6.46. The zero-order valence-electron chi connectivity index (χ0n) is 32.3. The summed E-state index contributed by atoms with van der Waals surface area (Å²) in [5.74, 6) is -0.996. The molecule has 8 amide bonds. The fraction of sp³-hybridized carbons (Fsp3) is 0.838. The summed E-state index contributed by atoms with van der Waals surface area (Å²) in [6, 6.07) is -3.39. The maximum Gasteiger partial charge on any atom is 0.336 e. The van der Waals surface area contributed by atoms with Gasteiger partial charge >= 0.3 is 12.1 Å². The van der Waals surface area contributed by atoms with Gasteiger partial charge in [0.05, 0.1) is 17.4 Å². The van der Waals surface area contributed by atoms with Crippen LogP contribution in [0.15, 0.2) is 0 Å². The highest BCUT2D eigenvalue weighted by Crippen LogP contribution is 2.68. The molecule has 5 aliphatic rings. The molecule has 3 saturated carbocycles. The number of hydrazine groups is 1. The minimum atomic E-state index is -0.990. The Hall–Kier alpha value is -3.38. The summed E-state index contributed by atoms with van der Waals surface area (Å²) in [6.45, 7) is 23.8. The number of imide groups is 1. The summed E-state index contributed by atoms with van der Waals surface area (Å²) in [6.07, 6.45) is 3.12. The van der Waals surface area contributed by atoms with E-state index in [0.29, 0.717) is 25.4 Å². The number of urea groups is 2. The molecule has 0 aromatic heterocycles. The summed E-state index contributed by atoms with van der Waals surface area (Å²) in [7, 11) is 0. The van der Waals surface area contributed by atoms with Crippen LogP contribution in [0.2, 0.25) is 0 Å². The van der Waals surface area contributed by atoms with Gasteiger partial charge in [0, 0.05) is 25.2 Å². The molecule has 0 aromatic rings. The molecule has 5 rings (SSSR count). The van der Waals surface area contributed by atoms with E-state index in [0.717, 1.165) is 19.3 Å². The van der Waals surface area contributed by atoms with Crippen molar-refractivity contribution < 1.29 is 28.8 Å². The molecule has 50 heavy (non-hydrogen) atoms. The van der Waals surface area contributed by atoms with Gasteiger partial charge < -0.3 is 20.9 Å². The lowest BCUT2D eigenvalue weighted by Crippen LogP contribution is -2.63. The van der Waals surface area contributed by atoms with Crippen LogP contribution in [0.4, 0.5) is 9.59 Å². The number of carbonyl (C=O) groups excluding carboxylic acids is 6. The number of piperidine rings is 1. The first-order valence-electron chi connectivity index (χ1n) is 18.5. The van der Waals surface area contributed by atoms with E-state index in [1.807, 2.05) is 69.2 Å². The van der Waals surface area contributed by atoms with Crippen molar-refractivity contribution in [2.45, 2.75) is 132 Å². The Kier molecular flexibility index (Phi) is 9.38. The highest BCUT2D eigenvalue weighted by molar-refractivity contribution is 6.09. The van der Waals surface area contributed by atoms with Crippen LogP contribution in [-0.4, -0.2) is 93.8 Å². The fourth-order valence-electron chi connectivity index (χ4n) is 8.94. The molecule has 1 spiro atoms. The van der Waals surface area contributed by atoms with E-state index in [-0.39, 0.29) is 47.4 Å². The fourth-order valence-corrected chi connectivity index (χ4v) is 8.94. The predicted octanol–water partition coefficient (Wildman–Crippen LogP) is 3.63. The zero-order valence-corrected chi connectivity index (χ0v) is 32.3. The molecule has 0 radical (unpaired) electrons. The van der Waals surface area contributed by atoms with Gasteiger partial charge in [0.15, 0.2) is 0 Å². The van der Waals surface area contributed by atoms with Gasteiger partial charge in [0.25, 0.3) is 5.91 Å². The first-order chi connectivity index (χ1) is 22.9. The first-order valence-corrected chi connectivity index (χ1v) is 18.5. The summed E-state index contributed by atoms with van der Waals surface area (Å²) in [4.78, 5) is 85.0. The molecule has 13 heteroatoms. The number of fused-ring (bicyclic) bond motifs is 1. The van der Waals surface area contributed by atoms with Crippen LogP contribution in [0.3, 0.4) is 0 Å². The third-order valence-corrected chi connectivity index (χ3v) is 12.3. The molecule has 2 saturated heterocycles. The Morgan fingerprint density at radius 3 is 2.08 bits per heavy atom. The second-order valence-electron chi connectivity index (χ2n) is 19.4. The van der Waals surface area contributed by atoms with Crippen molar-refractivity contribution >= 4 is 35.7 Å². The molecule has 3 aliphatic carbocycles. The van der Waals surface area contributed by atoms with E-state index < -0.39 is 57.9 Å². The lowest BCUT2D eigenvalue weighted by Gasteiger charge is -2.57. The van der Waals surface area contributed by atoms with E-state index in [1.54, 1.807) is 4.90 Å². The van der Waals surface area contributed by atoms with Crippen molar-refractivity contribution in [2.24, 2.45) is 45.3 Å². The van der Waals surface area contributed by atoms with Gasteiger partial charge in [-0.3, -0.25) is 29.5 Å². The number of amides is 8. The summed E-state index contributed by atoms with van der Waals surface area (Å²) in [5.41, 5.74) is 0.383. The second kappa shape index (κ2) is 12.4. The number of hydrogen-bond donors (Lipinski definition) is 4. The smallest absolute Gasteiger partial charge is 0.333 e. The van der Waals surface area contributed by atoms with Crippen molar-refractivity contribution in [3.05, 3.63) is 0 Å². The van der Waals surface area contributed by atoms with Crippen LogP contribution in [0.5, 0.6) is 0 Å². The first kappa shape index (κ1) is 37.9. The van der Waals surface area contributed by atoms with Crippen LogP contribution < -0.4 is 21.4 Å². The van der Waals surface area contributed by atoms with Crippen LogP contribution in [0, 0.1) is 45.3 Å². The molecule has 2 aliphatic heterocycles. The Morgan fingerprint density at radius 1 is 0.960 bits per heavy atom. The third-order valence-electron chi connectivity index (χ3n) is 12.3. The van der Waals surface area contributed by atoms with Crippen molar-refractivity contribution in [3.63, 3.8) is 0 Å². The lowest BCUT2D eigenvalue weighted by atomic mass is 9.43.